The zero-order chi connectivity index (χ0) is 13.7. The summed E-state index contributed by atoms with van der Waals surface area (Å²) in [6, 6.07) is 7.85. The molecule has 0 spiro atoms. The van der Waals surface area contributed by atoms with Crippen LogP contribution in [0.2, 0.25) is 0 Å². The van der Waals surface area contributed by atoms with Gasteiger partial charge in [0.25, 0.3) is 0 Å². The van der Waals surface area contributed by atoms with E-state index >= 15 is 0 Å². The number of rotatable bonds is 6. The molecule has 102 valence electrons. The van der Waals surface area contributed by atoms with Gasteiger partial charge in [0.15, 0.2) is 5.82 Å². The van der Waals surface area contributed by atoms with Crippen molar-refractivity contribution in [3.8, 4) is 5.75 Å². The topological polar surface area (TPSA) is 39.1 Å². The summed E-state index contributed by atoms with van der Waals surface area (Å²) in [6.07, 6.45) is 1.84. The lowest BCUT2D eigenvalue weighted by molar-refractivity contribution is 0.414. The second-order valence-corrected chi connectivity index (χ2v) is 4.32. The van der Waals surface area contributed by atoms with E-state index in [1.807, 2.05) is 37.4 Å². The number of alkyl halides is 1. The third-order valence-corrected chi connectivity index (χ3v) is 2.85. The number of nitrogens with one attached hydrogen (secondary N) is 1. The lowest BCUT2D eigenvalue weighted by Gasteiger charge is -2.06. The Bertz CT molecular complexity index is 539. The standard InChI is InChI=1S/C14H18FN3O/c1-11-10-18(7-6-15)17-14(11)16-9-12-4-3-5-13(8-12)19-2/h3-5,8,10H,6-7,9H2,1-2H3,(H,16,17). The highest BCUT2D eigenvalue weighted by atomic mass is 19.1. The summed E-state index contributed by atoms with van der Waals surface area (Å²) in [5.74, 6) is 1.62. The highest BCUT2D eigenvalue weighted by Crippen LogP contribution is 2.16. The molecule has 1 N–H and O–H groups in total. The summed E-state index contributed by atoms with van der Waals surface area (Å²) in [4.78, 5) is 0. The molecule has 0 amide bonds. The summed E-state index contributed by atoms with van der Waals surface area (Å²) < 4.78 is 19.1. The third-order valence-electron chi connectivity index (χ3n) is 2.85. The van der Waals surface area contributed by atoms with E-state index < -0.39 is 6.67 Å². The minimum Gasteiger partial charge on any atom is -0.497 e. The van der Waals surface area contributed by atoms with Crippen molar-refractivity contribution >= 4 is 5.82 Å². The number of hydrogen-bond acceptors (Lipinski definition) is 3. The number of nitrogens with zero attached hydrogens (tertiary/aromatic N) is 2. The summed E-state index contributed by atoms with van der Waals surface area (Å²) >= 11 is 0. The summed E-state index contributed by atoms with van der Waals surface area (Å²) in [6.45, 7) is 2.50. The van der Waals surface area contributed by atoms with E-state index in [9.17, 15) is 4.39 Å². The summed E-state index contributed by atoms with van der Waals surface area (Å²) in [5, 5.41) is 7.54. The Morgan fingerprint density at radius 3 is 3.00 bits per heavy atom. The van der Waals surface area contributed by atoms with E-state index in [2.05, 4.69) is 10.4 Å². The second-order valence-electron chi connectivity index (χ2n) is 4.32. The van der Waals surface area contributed by atoms with Crippen molar-refractivity contribution in [3.63, 3.8) is 0 Å². The second kappa shape index (κ2) is 6.22. The smallest absolute Gasteiger partial charge is 0.151 e. The van der Waals surface area contributed by atoms with Gasteiger partial charge in [-0.1, -0.05) is 12.1 Å². The molecule has 2 rings (SSSR count). The molecule has 4 nitrogen and oxygen atoms in total. The predicted molar refractivity (Wildman–Crippen MR) is 73.3 cm³/mol. The Kier molecular flexibility index (Phi) is 4.39. The molecule has 0 aliphatic heterocycles. The monoisotopic (exact) mass is 263 g/mol. The van der Waals surface area contributed by atoms with Gasteiger partial charge < -0.3 is 10.1 Å². The Labute approximate surface area is 112 Å². The third kappa shape index (κ3) is 3.47. The minimum atomic E-state index is -0.406. The fraction of sp³-hybridized carbons (Fsp3) is 0.357. The van der Waals surface area contributed by atoms with Crippen LogP contribution in [-0.2, 0) is 13.1 Å². The zero-order valence-electron chi connectivity index (χ0n) is 11.2. The SMILES string of the molecule is COc1cccc(CNc2nn(CCF)cc2C)c1. The van der Waals surface area contributed by atoms with Gasteiger partial charge >= 0.3 is 0 Å². The predicted octanol–water partition coefficient (Wildman–Crippen LogP) is 2.78. The van der Waals surface area contributed by atoms with Gasteiger partial charge in [-0.15, -0.1) is 0 Å². The van der Waals surface area contributed by atoms with Gasteiger partial charge in [-0.2, -0.15) is 5.10 Å². The van der Waals surface area contributed by atoms with Crippen molar-refractivity contribution in [2.24, 2.45) is 0 Å². The van der Waals surface area contributed by atoms with Crippen LogP contribution < -0.4 is 10.1 Å². The van der Waals surface area contributed by atoms with Crippen molar-refractivity contribution in [2.45, 2.75) is 20.0 Å². The van der Waals surface area contributed by atoms with Crippen LogP contribution in [0.5, 0.6) is 5.75 Å². The van der Waals surface area contributed by atoms with Gasteiger partial charge in [-0.05, 0) is 24.6 Å². The molecule has 0 radical (unpaired) electrons. The van der Waals surface area contributed by atoms with Crippen LogP contribution in [0.3, 0.4) is 0 Å². The lowest BCUT2D eigenvalue weighted by atomic mass is 10.2. The number of anilines is 1. The molecule has 1 aromatic heterocycles. The lowest BCUT2D eigenvalue weighted by Crippen LogP contribution is -2.04. The molecule has 0 unspecified atom stereocenters. The highest BCUT2D eigenvalue weighted by molar-refractivity contribution is 5.43. The quantitative estimate of drug-likeness (QED) is 0.871. The molecular formula is C14H18FN3O. The molecule has 0 aliphatic carbocycles. The molecule has 0 fully saturated rings. The molecule has 0 bridgehead atoms. The molecule has 19 heavy (non-hydrogen) atoms. The maximum atomic E-state index is 12.3. The Morgan fingerprint density at radius 2 is 2.26 bits per heavy atom. The van der Waals surface area contributed by atoms with Crippen molar-refractivity contribution < 1.29 is 9.13 Å². The molecule has 1 aromatic carbocycles. The number of hydrogen-bond donors (Lipinski definition) is 1. The first-order valence-corrected chi connectivity index (χ1v) is 6.19. The Balaban J connectivity index is 2.01. The maximum Gasteiger partial charge on any atom is 0.151 e. The molecule has 5 heteroatoms. The fourth-order valence-corrected chi connectivity index (χ4v) is 1.86. The van der Waals surface area contributed by atoms with Crippen LogP contribution in [0.1, 0.15) is 11.1 Å². The van der Waals surface area contributed by atoms with E-state index in [1.54, 1.807) is 11.8 Å². The Morgan fingerprint density at radius 1 is 1.42 bits per heavy atom. The van der Waals surface area contributed by atoms with Gasteiger partial charge in [0.1, 0.15) is 12.4 Å². The van der Waals surface area contributed by atoms with Crippen LogP contribution in [0, 0.1) is 6.92 Å². The van der Waals surface area contributed by atoms with Crippen LogP contribution in [0.4, 0.5) is 10.2 Å². The van der Waals surface area contributed by atoms with Gasteiger partial charge in [0.2, 0.25) is 0 Å². The number of methoxy groups -OCH3 is 1. The van der Waals surface area contributed by atoms with Gasteiger partial charge in [-0.25, -0.2) is 4.39 Å². The molecule has 2 aromatic rings. The molecule has 0 atom stereocenters. The fourth-order valence-electron chi connectivity index (χ4n) is 1.86. The molecule has 0 saturated heterocycles. The first-order chi connectivity index (χ1) is 9.22. The molecule has 0 aliphatic rings. The van der Waals surface area contributed by atoms with E-state index in [4.69, 9.17) is 4.74 Å². The molecule has 1 heterocycles. The van der Waals surface area contributed by atoms with Gasteiger partial charge in [-0.3, -0.25) is 4.68 Å². The van der Waals surface area contributed by atoms with Crippen molar-refractivity contribution in [1.29, 1.82) is 0 Å². The highest BCUT2D eigenvalue weighted by Gasteiger charge is 2.04. The number of aromatic nitrogens is 2. The normalized spacial score (nSPS) is 10.5. The molecule has 0 saturated carbocycles. The Hall–Kier alpha value is -2.04. The maximum absolute atomic E-state index is 12.3. The van der Waals surface area contributed by atoms with Crippen molar-refractivity contribution in [2.75, 3.05) is 19.1 Å². The summed E-state index contributed by atoms with van der Waals surface area (Å²) in [5.41, 5.74) is 2.12. The van der Waals surface area contributed by atoms with Gasteiger partial charge in [0.05, 0.1) is 13.7 Å². The van der Waals surface area contributed by atoms with Gasteiger partial charge in [0, 0.05) is 18.3 Å². The van der Waals surface area contributed by atoms with Crippen LogP contribution in [0.15, 0.2) is 30.5 Å². The largest absolute Gasteiger partial charge is 0.497 e. The van der Waals surface area contributed by atoms with Crippen LogP contribution in [-0.4, -0.2) is 23.6 Å². The average molecular weight is 263 g/mol. The average Bonchev–Trinajstić information content (AvgIpc) is 2.77. The summed E-state index contributed by atoms with van der Waals surface area (Å²) in [7, 11) is 1.65. The number of aryl methyl sites for hydroxylation is 2. The first kappa shape index (κ1) is 13.4. The van der Waals surface area contributed by atoms with Crippen molar-refractivity contribution in [3.05, 3.63) is 41.6 Å². The van der Waals surface area contributed by atoms with E-state index in [0.717, 1.165) is 22.7 Å². The minimum absolute atomic E-state index is 0.293. The van der Waals surface area contributed by atoms with E-state index in [-0.39, 0.29) is 0 Å². The van der Waals surface area contributed by atoms with E-state index in [1.165, 1.54) is 0 Å². The van der Waals surface area contributed by atoms with Crippen LogP contribution in [0.25, 0.3) is 0 Å². The number of halogens is 1. The number of ether oxygens (including phenoxy) is 1. The first-order valence-electron chi connectivity index (χ1n) is 6.19. The van der Waals surface area contributed by atoms with Crippen molar-refractivity contribution in [1.82, 2.24) is 9.78 Å². The van der Waals surface area contributed by atoms with E-state index in [0.29, 0.717) is 13.1 Å². The zero-order valence-corrected chi connectivity index (χ0v) is 11.2. The number of benzene rings is 1. The van der Waals surface area contributed by atoms with Crippen LogP contribution >= 0.6 is 0 Å². The molecular weight excluding hydrogens is 245 g/mol.